The molecule has 0 radical (unpaired) electrons. The highest BCUT2D eigenvalue weighted by Crippen LogP contribution is 2.18. The van der Waals surface area contributed by atoms with Gasteiger partial charge in [-0.2, -0.15) is 0 Å². The molecule has 2 rings (SSSR count). The smallest absolute Gasteiger partial charge is 0.121 e. The quantitative estimate of drug-likeness (QED) is 0.872. The number of furan rings is 1. The normalized spacial score (nSPS) is 12.6. The van der Waals surface area contributed by atoms with E-state index < -0.39 is 0 Å². The van der Waals surface area contributed by atoms with Crippen molar-refractivity contribution in [2.45, 2.75) is 32.7 Å². The minimum absolute atomic E-state index is 0.0591. The van der Waals surface area contributed by atoms with Gasteiger partial charge in [0.2, 0.25) is 0 Å². The van der Waals surface area contributed by atoms with Crippen LogP contribution in [-0.2, 0) is 12.8 Å². The van der Waals surface area contributed by atoms with Gasteiger partial charge in [-0.1, -0.05) is 31.2 Å². The summed E-state index contributed by atoms with van der Waals surface area (Å²) in [5, 5.41) is 0. The third-order valence-corrected chi connectivity index (χ3v) is 3.01. The summed E-state index contributed by atoms with van der Waals surface area (Å²) >= 11 is 0. The van der Waals surface area contributed by atoms with Crippen LogP contribution in [0.15, 0.2) is 40.8 Å². The Balaban J connectivity index is 2.04. The number of rotatable bonds is 4. The minimum Gasteiger partial charge on any atom is -0.465 e. The first-order chi connectivity index (χ1) is 8.19. The Labute approximate surface area is 102 Å². The number of benzene rings is 1. The van der Waals surface area contributed by atoms with Crippen LogP contribution in [0.3, 0.4) is 0 Å². The molecule has 1 atom stereocenters. The van der Waals surface area contributed by atoms with Gasteiger partial charge in [-0.3, -0.25) is 0 Å². The fourth-order valence-electron chi connectivity index (χ4n) is 1.92. The van der Waals surface area contributed by atoms with E-state index in [-0.39, 0.29) is 6.04 Å². The van der Waals surface area contributed by atoms with Gasteiger partial charge >= 0.3 is 0 Å². The Morgan fingerprint density at radius 2 is 1.71 bits per heavy atom. The van der Waals surface area contributed by atoms with Crippen LogP contribution in [0.5, 0.6) is 0 Å². The average Bonchev–Trinajstić information content (AvgIpc) is 2.77. The SMILES string of the molecule is CCc1ccc(CC(N)c2ccc(C)o2)cc1. The first kappa shape index (κ1) is 11.9. The van der Waals surface area contributed by atoms with Crippen LogP contribution in [0.4, 0.5) is 0 Å². The fraction of sp³-hybridized carbons (Fsp3) is 0.333. The van der Waals surface area contributed by atoms with Crippen molar-refractivity contribution < 1.29 is 4.42 Å². The van der Waals surface area contributed by atoms with Crippen molar-refractivity contribution in [2.24, 2.45) is 5.73 Å². The lowest BCUT2D eigenvalue weighted by Crippen LogP contribution is -2.12. The van der Waals surface area contributed by atoms with Crippen LogP contribution in [0.25, 0.3) is 0 Å². The topological polar surface area (TPSA) is 39.2 Å². The molecule has 2 N–H and O–H groups in total. The van der Waals surface area contributed by atoms with Gasteiger partial charge in [0.1, 0.15) is 11.5 Å². The number of hydrogen-bond donors (Lipinski definition) is 1. The molecule has 0 saturated carbocycles. The monoisotopic (exact) mass is 229 g/mol. The maximum Gasteiger partial charge on any atom is 0.121 e. The molecule has 0 aliphatic rings. The summed E-state index contributed by atoms with van der Waals surface area (Å²) in [6.07, 6.45) is 1.89. The average molecular weight is 229 g/mol. The lowest BCUT2D eigenvalue weighted by molar-refractivity contribution is 0.445. The van der Waals surface area contributed by atoms with Gasteiger partial charge in [0.15, 0.2) is 0 Å². The summed E-state index contributed by atoms with van der Waals surface area (Å²) in [5.74, 6) is 1.78. The first-order valence-corrected chi connectivity index (χ1v) is 6.08. The molecule has 0 bridgehead atoms. The molecule has 2 heteroatoms. The Kier molecular flexibility index (Phi) is 3.64. The van der Waals surface area contributed by atoms with Crippen molar-refractivity contribution in [3.63, 3.8) is 0 Å². The fourth-order valence-corrected chi connectivity index (χ4v) is 1.92. The van der Waals surface area contributed by atoms with E-state index in [1.807, 2.05) is 19.1 Å². The van der Waals surface area contributed by atoms with Crippen LogP contribution in [0, 0.1) is 6.92 Å². The van der Waals surface area contributed by atoms with Crippen molar-refractivity contribution in [3.8, 4) is 0 Å². The molecule has 17 heavy (non-hydrogen) atoms. The first-order valence-electron chi connectivity index (χ1n) is 6.08. The lowest BCUT2D eigenvalue weighted by atomic mass is 10.0. The predicted molar refractivity (Wildman–Crippen MR) is 69.9 cm³/mol. The van der Waals surface area contributed by atoms with Crippen LogP contribution in [-0.4, -0.2) is 0 Å². The maximum absolute atomic E-state index is 6.12. The molecule has 2 aromatic rings. The van der Waals surface area contributed by atoms with E-state index in [1.165, 1.54) is 11.1 Å². The van der Waals surface area contributed by atoms with Gasteiger partial charge in [0.25, 0.3) is 0 Å². The molecule has 1 heterocycles. The van der Waals surface area contributed by atoms with Gasteiger partial charge in [0, 0.05) is 0 Å². The van der Waals surface area contributed by atoms with Gasteiger partial charge in [-0.15, -0.1) is 0 Å². The highest BCUT2D eigenvalue weighted by molar-refractivity contribution is 5.24. The van der Waals surface area contributed by atoms with Crippen LogP contribution in [0.1, 0.15) is 35.6 Å². The van der Waals surface area contributed by atoms with E-state index in [4.69, 9.17) is 10.2 Å². The summed E-state index contributed by atoms with van der Waals surface area (Å²) in [7, 11) is 0. The van der Waals surface area contributed by atoms with Crippen molar-refractivity contribution in [3.05, 3.63) is 59.0 Å². The third kappa shape index (κ3) is 2.98. The van der Waals surface area contributed by atoms with E-state index in [2.05, 4.69) is 31.2 Å². The van der Waals surface area contributed by atoms with E-state index in [1.54, 1.807) is 0 Å². The molecule has 1 unspecified atom stereocenters. The van der Waals surface area contributed by atoms with Crippen molar-refractivity contribution >= 4 is 0 Å². The molecule has 0 spiro atoms. The minimum atomic E-state index is -0.0591. The lowest BCUT2D eigenvalue weighted by Gasteiger charge is -2.09. The zero-order chi connectivity index (χ0) is 12.3. The molecule has 1 aromatic carbocycles. The van der Waals surface area contributed by atoms with Crippen LogP contribution < -0.4 is 5.73 Å². The summed E-state index contributed by atoms with van der Waals surface area (Å²) < 4.78 is 5.54. The standard InChI is InChI=1S/C15H19NO/c1-3-12-5-7-13(8-6-12)10-14(16)15-9-4-11(2)17-15/h4-9,14H,3,10,16H2,1-2H3. The second-order valence-corrected chi connectivity index (χ2v) is 4.43. The van der Waals surface area contributed by atoms with E-state index in [9.17, 15) is 0 Å². The van der Waals surface area contributed by atoms with Gasteiger partial charge in [-0.05, 0) is 43.0 Å². The maximum atomic E-state index is 6.12. The molecule has 0 saturated heterocycles. The van der Waals surface area contributed by atoms with E-state index >= 15 is 0 Å². The highest BCUT2D eigenvalue weighted by Gasteiger charge is 2.10. The van der Waals surface area contributed by atoms with Crippen LogP contribution in [0.2, 0.25) is 0 Å². The van der Waals surface area contributed by atoms with E-state index in [0.29, 0.717) is 0 Å². The second-order valence-electron chi connectivity index (χ2n) is 4.43. The Morgan fingerprint density at radius 1 is 1.06 bits per heavy atom. The van der Waals surface area contributed by atoms with Gasteiger partial charge in [0.05, 0.1) is 6.04 Å². The largest absolute Gasteiger partial charge is 0.465 e. The van der Waals surface area contributed by atoms with Crippen molar-refractivity contribution in [1.82, 2.24) is 0 Å². The number of hydrogen-bond acceptors (Lipinski definition) is 2. The molecule has 0 amide bonds. The molecule has 90 valence electrons. The third-order valence-electron chi connectivity index (χ3n) is 3.01. The van der Waals surface area contributed by atoms with Crippen molar-refractivity contribution in [1.29, 1.82) is 0 Å². The Morgan fingerprint density at radius 3 is 2.24 bits per heavy atom. The summed E-state index contributed by atoms with van der Waals surface area (Å²) in [4.78, 5) is 0. The zero-order valence-electron chi connectivity index (χ0n) is 10.4. The molecule has 0 fully saturated rings. The molecule has 0 aliphatic carbocycles. The summed E-state index contributed by atoms with van der Waals surface area (Å²) in [6.45, 7) is 4.10. The second kappa shape index (κ2) is 5.19. The zero-order valence-corrected chi connectivity index (χ0v) is 10.4. The molecular weight excluding hydrogens is 210 g/mol. The summed E-state index contributed by atoms with van der Waals surface area (Å²) in [6, 6.07) is 12.5. The Hall–Kier alpha value is -1.54. The Bertz CT molecular complexity index is 470. The highest BCUT2D eigenvalue weighted by atomic mass is 16.3. The number of nitrogens with two attached hydrogens (primary N) is 1. The molecule has 0 aliphatic heterocycles. The molecule has 1 aromatic heterocycles. The van der Waals surface area contributed by atoms with Crippen molar-refractivity contribution in [2.75, 3.05) is 0 Å². The van der Waals surface area contributed by atoms with Gasteiger partial charge < -0.3 is 10.2 Å². The predicted octanol–water partition coefficient (Wildman–Crippen LogP) is 3.39. The molecular formula is C15H19NO. The summed E-state index contributed by atoms with van der Waals surface area (Å²) in [5.41, 5.74) is 8.73. The van der Waals surface area contributed by atoms with Crippen LogP contribution >= 0.6 is 0 Å². The van der Waals surface area contributed by atoms with E-state index in [0.717, 1.165) is 24.4 Å². The number of aryl methyl sites for hydroxylation is 2. The van der Waals surface area contributed by atoms with Gasteiger partial charge in [-0.25, -0.2) is 0 Å². The molecule has 2 nitrogen and oxygen atoms in total.